The highest BCUT2D eigenvalue weighted by molar-refractivity contribution is 9.10. The van der Waals surface area contributed by atoms with Crippen LogP contribution in [0.1, 0.15) is 11.1 Å². The first-order chi connectivity index (χ1) is 9.54. The maximum atomic E-state index is 10.6. The van der Waals surface area contributed by atoms with Gasteiger partial charge in [0, 0.05) is 22.6 Å². The van der Waals surface area contributed by atoms with Crippen molar-refractivity contribution in [3.63, 3.8) is 0 Å². The van der Waals surface area contributed by atoms with E-state index < -0.39 is 4.92 Å². The van der Waals surface area contributed by atoms with Crippen LogP contribution in [0.5, 0.6) is 0 Å². The van der Waals surface area contributed by atoms with Crippen molar-refractivity contribution < 1.29 is 4.92 Å². The fourth-order valence-corrected chi connectivity index (χ4v) is 2.32. The number of benzene rings is 2. The Kier molecular flexibility index (Phi) is 4.87. The lowest BCUT2D eigenvalue weighted by Crippen LogP contribution is -2.25. The van der Waals surface area contributed by atoms with E-state index in [1.165, 1.54) is 17.7 Å². The molecule has 0 radical (unpaired) electrons. The van der Waals surface area contributed by atoms with E-state index in [9.17, 15) is 10.1 Å². The van der Waals surface area contributed by atoms with Gasteiger partial charge < -0.3 is 5.73 Å². The van der Waals surface area contributed by atoms with E-state index in [4.69, 9.17) is 5.73 Å². The Morgan fingerprint density at radius 3 is 1.90 bits per heavy atom. The fourth-order valence-electron chi connectivity index (χ4n) is 2.05. The minimum absolute atomic E-state index is 0.00219. The molecule has 0 spiro atoms. The first kappa shape index (κ1) is 14.7. The van der Waals surface area contributed by atoms with Crippen LogP contribution in [-0.2, 0) is 12.8 Å². The number of nitrogens with two attached hydrogens (primary N) is 1. The smallest absolute Gasteiger partial charge is 0.269 e. The predicted molar refractivity (Wildman–Crippen MR) is 82.6 cm³/mol. The molecule has 0 heterocycles. The van der Waals surface area contributed by atoms with Crippen LogP contribution in [0.15, 0.2) is 53.0 Å². The van der Waals surface area contributed by atoms with Crippen molar-refractivity contribution in [3.8, 4) is 0 Å². The van der Waals surface area contributed by atoms with Gasteiger partial charge in [-0.25, -0.2) is 0 Å². The van der Waals surface area contributed by atoms with Gasteiger partial charge in [-0.15, -0.1) is 0 Å². The molecule has 0 aliphatic heterocycles. The molecule has 1 atom stereocenters. The molecule has 0 amide bonds. The van der Waals surface area contributed by atoms with E-state index >= 15 is 0 Å². The summed E-state index contributed by atoms with van der Waals surface area (Å²) in [5.74, 6) is 0. The van der Waals surface area contributed by atoms with Crippen molar-refractivity contribution in [1.82, 2.24) is 0 Å². The SMILES string of the molecule is NC(Cc1ccc(Br)cc1)Cc1ccc([N+](=O)[O-])cc1. The molecular weight excluding hydrogens is 320 g/mol. The van der Waals surface area contributed by atoms with E-state index in [0.29, 0.717) is 6.42 Å². The minimum atomic E-state index is -0.397. The molecule has 0 aromatic heterocycles. The van der Waals surface area contributed by atoms with E-state index in [2.05, 4.69) is 15.9 Å². The zero-order chi connectivity index (χ0) is 14.5. The molecule has 104 valence electrons. The van der Waals surface area contributed by atoms with Gasteiger partial charge in [-0.3, -0.25) is 10.1 Å². The topological polar surface area (TPSA) is 69.2 Å². The molecule has 2 rings (SSSR count). The Labute approximate surface area is 125 Å². The molecule has 0 fully saturated rings. The number of non-ortho nitro benzene ring substituents is 1. The van der Waals surface area contributed by atoms with Gasteiger partial charge in [-0.05, 0) is 36.1 Å². The largest absolute Gasteiger partial charge is 0.327 e. The zero-order valence-corrected chi connectivity index (χ0v) is 12.4. The molecule has 2 aromatic carbocycles. The summed E-state index contributed by atoms with van der Waals surface area (Å²) in [6.45, 7) is 0. The van der Waals surface area contributed by atoms with Gasteiger partial charge in [0.05, 0.1) is 4.92 Å². The Bertz CT molecular complexity index is 582. The number of rotatable bonds is 5. The second-order valence-electron chi connectivity index (χ2n) is 4.72. The fraction of sp³-hybridized carbons (Fsp3) is 0.200. The monoisotopic (exact) mass is 334 g/mol. The van der Waals surface area contributed by atoms with Crippen LogP contribution in [0, 0.1) is 10.1 Å². The third kappa shape index (κ3) is 4.15. The van der Waals surface area contributed by atoms with Crippen LogP contribution in [0.3, 0.4) is 0 Å². The number of nitro groups is 1. The van der Waals surface area contributed by atoms with E-state index in [1.807, 2.05) is 24.3 Å². The van der Waals surface area contributed by atoms with Crippen molar-refractivity contribution in [2.24, 2.45) is 5.73 Å². The highest BCUT2D eigenvalue weighted by Crippen LogP contribution is 2.15. The second kappa shape index (κ2) is 6.63. The normalized spacial score (nSPS) is 12.1. The summed E-state index contributed by atoms with van der Waals surface area (Å²) in [7, 11) is 0. The first-order valence-corrected chi connectivity index (χ1v) is 7.07. The van der Waals surface area contributed by atoms with Crippen molar-refractivity contribution in [3.05, 3.63) is 74.2 Å². The lowest BCUT2D eigenvalue weighted by Gasteiger charge is -2.11. The van der Waals surface area contributed by atoms with Crippen molar-refractivity contribution in [1.29, 1.82) is 0 Å². The third-order valence-electron chi connectivity index (χ3n) is 3.06. The zero-order valence-electron chi connectivity index (χ0n) is 10.8. The van der Waals surface area contributed by atoms with Gasteiger partial charge >= 0.3 is 0 Å². The van der Waals surface area contributed by atoms with Gasteiger partial charge in [-0.1, -0.05) is 40.2 Å². The molecule has 4 nitrogen and oxygen atoms in total. The van der Waals surface area contributed by atoms with Gasteiger partial charge in [0.1, 0.15) is 0 Å². The van der Waals surface area contributed by atoms with E-state index in [-0.39, 0.29) is 11.7 Å². The van der Waals surface area contributed by atoms with Crippen LogP contribution in [-0.4, -0.2) is 11.0 Å². The second-order valence-corrected chi connectivity index (χ2v) is 5.63. The molecule has 2 N–H and O–H groups in total. The van der Waals surface area contributed by atoms with Crippen molar-refractivity contribution >= 4 is 21.6 Å². The number of nitrogens with zero attached hydrogens (tertiary/aromatic N) is 1. The summed E-state index contributed by atoms with van der Waals surface area (Å²) in [4.78, 5) is 10.2. The number of nitro benzene ring substituents is 1. The molecule has 0 saturated carbocycles. The van der Waals surface area contributed by atoms with Gasteiger partial charge in [0.15, 0.2) is 0 Å². The number of hydrogen-bond acceptors (Lipinski definition) is 3. The van der Waals surface area contributed by atoms with Gasteiger partial charge in [0.2, 0.25) is 0 Å². The third-order valence-corrected chi connectivity index (χ3v) is 3.58. The number of hydrogen-bond donors (Lipinski definition) is 1. The highest BCUT2D eigenvalue weighted by Gasteiger charge is 2.08. The van der Waals surface area contributed by atoms with Gasteiger partial charge in [0.25, 0.3) is 5.69 Å². The molecule has 2 aromatic rings. The van der Waals surface area contributed by atoms with Crippen LogP contribution >= 0.6 is 15.9 Å². The summed E-state index contributed by atoms with van der Waals surface area (Å²) < 4.78 is 1.05. The number of halogens is 1. The Balaban J connectivity index is 1.95. The standard InChI is InChI=1S/C15H15BrN2O2/c16-13-5-1-11(2-6-13)9-14(17)10-12-3-7-15(8-4-12)18(19)20/h1-8,14H,9-10,17H2. The van der Waals surface area contributed by atoms with Crippen LogP contribution in [0.2, 0.25) is 0 Å². The summed E-state index contributed by atoms with van der Waals surface area (Å²) in [5.41, 5.74) is 8.43. The molecular formula is C15H15BrN2O2. The summed E-state index contributed by atoms with van der Waals surface area (Å²) >= 11 is 3.40. The average Bonchev–Trinajstić information content (AvgIpc) is 2.42. The average molecular weight is 335 g/mol. The molecule has 20 heavy (non-hydrogen) atoms. The highest BCUT2D eigenvalue weighted by atomic mass is 79.9. The maximum absolute atomic E-state index is 10.6. The molecule has 0 aliphatic rings. The minimum Gasteiger partial charge on any atom is -0.327 e. The Morgan fingerprint density at radius 1 is 1.00 bits per heavy atom. The summed E-state index contributed by atoms with van der Waals surface area (Å²) in [6.07, 6.45) is 1.48. The summed E-state index contributed by atoms with van der Waals surface area (Å²) in [5, 5.41) is 10.6. The Morgan fingerprint density at radius 2 is 1.45 bits per heavy atom. The predicted octanol–water partition coefficient (Wildman–Crippen LogP) is 3.47. The lowest BCUT2D eigenvalue weighted by atomic mass is 10.00. The quantitative estimate of drug-likeness (QED) is 0.672. The van der Waals surface area contributed by atoms with Crippen LogP contribution in [0.25, 0.3) is 0 Å². The van der Waals surface area contributed by atoms with Gasteiger partial charge in [-0.2, -0.15) is 0 Å². The van der Waals surface area contributed by atoms with Crippen molar-refractivity contribution in [2.75, 3.05) is 0 Å². The molecule has 0 aliphatic carbocycles. The summed E-state index contributed by atoms with van der Waals surface area (Å²) in [6, 6.07) is 14.6. The molecule has 0 saturated heterocycles. The Hall–Kier alpha value is -1.72. The van der Waals surface area contributed by atoms with Crippen LogP contribution in [0.4, 0.5) is 5.69 Å². The van der Waals surface area contributed by atoms with Crippen LogP contribution < -0.4 is 5.73 Å². The lowest BCUT2D eigenvalue weighted by molar-refractivity contribution is -0.384. The van der Waals surface area contributed by atoms with E-state index in [0.717, 1.165) is 16.5 Å². The first-order valence-electron chi connectivity index (χ1n) is 6.28. The molecule has 1 unspecified atom stereocenters. The van der Waals surface area contributed by atoms with Crippen molar-refractivity contribution in [2.45, 2.75) is 18.9 Å². The van der Waals surface area contributed by atoms with E-state index in [1.54, 1.807) is 12.1 Å². The molecule has 0 bridgehead atoms. The molecule has 5 heteroatoms. The maximum Gasteiger partial charge on any atom is 0.269 e.